The molecule has 0 spiro atoms. The van der Waals surface area contributed by atoms with Crippen LogP contribution in [0.25, 0.3) is 0 Å². The standard InChI is InChI=1S/C12H26N2O4/c1-10(2)8-11(13)12(15)14-4-5-17-9-18-7-6-16-3/h10-11H,4-9,13H2,1-3H3,(H,14,15)/t11-/m0/s1. The molecule has 0 aromatic carbocycles. The fraction of sp³-hybridized carbons (Fsp3) is 0.917. The predicted molar refractivity (Wildman–Crippen MR) is 69.1 cm³/mol. The van der Waals surface area contributed by atoms with Crippen molar-refractivity contribution >= 4 is 5.91 Å². The SMILES string of the molecule is COCCOCOCCNC(=O)[C@@H](N)CC(C)C. The number of ether oxygens (including phenoxy) is 3. The maximum atomic E-state index is 11.5. The topological polar surface area (TPSA) is 82.8 Å². The van der Waals surface area contributed by atoms with Crippen molar-refractivity contribution in [1.82, 2.24) is 5.32 Å². The molecule has 0 aromatic rings. The van der Waals surface area contributed by atoms with Crippen LogP contribution in [-0.2, 0) is 19.0 Å². The van der Waals surface area contributed by atoms with Gasteiger partial charge in [0.15, 0.2) is 0 Å². The minimum atomic E-state index is -0.442. The molecular formula is C12H26N2O4. The lowest BCUT2D eigenvalue weighted by atomic mass is 10.0. The Labute approximate surface area is 109 Å². The summed E-state index contributed by atoms with van der Waals surface area (Å²) in [5, 5.41) is 2.72. The molecule has 1 atom stereocenters. The zero-order valence-corrected chi connectivity index (χ0v) is 11.6. The van der Waals surface area contributed by atoms with Gasteiger partial charge in [-0.25, -0.2) is 0 Å². The van der Waals surface area contributed by atoms with Crippen molar-refractivity contribution in [3.8, 4) is 0 Å². The first-order valence-corrected chi connectivity index (χ1v) is 6.25. The van der Waals surface area contributed by atoms with Gasteiger partial charge in [-0.2, -0.15) is 0 Å². The van der Waals surface area contributed by atoms with Gasteiger partial charge in [-0.3, -0.25) is 4.79 Å². The Morgan fingerprint density at radius 2 is 1.89 bits per heavy atom. The molecule has 0 aliphatic rings. The molecule has 0 unspecified atom stereocenters. The van der Waals surface area contributed by atoms with Crippen LogP contribution in [0.2, 0.25) is 0 Å². The number of rotatable bonds is 11. The summed E-state index contributed by atoms with van der Waals surface area (Å²) in [4.78, 5) is 11.5. The molecule has 0 saturated heterocycles. The van der Waals surface area contributed by atoms with Gasteiger partial charge in [0.25, 0.3) is 0 Å². The summed E-state index contributed by atoms with van der Waals surface area (Å²) in [7, 11) is 1.61. The smallest absolute Gasteiger partial charge is 0.237 e. The highest BCUT2D eigenvalue weighted by molar-refractivity contribution is 5.81. The monoisotopic (exact) mass is 262 g/mol. The third kappa shape index (κ3) is 10.5. The molecule has 0 aliphatic heterocycles. The van der Waals surface area contributed by atoms with Crippen LogP contribution in [0.15, 0.2) is 0 Å². The molecule has 3 N–H and O–H groups in total. The second kappa shape index (κ2) is 11.4. The minimum Gasteiger partial charge on any atom is -0.382 e. The predicted octanol–water partition coefficient (Wildman–Crippen LogP) is 0.113. The molecule has 0 saturated carbocycles. The van der Waals surface area contributed by atoms with Crippen LogP contribution >= 0.6 is 0 Å². The number of carbonyl (C=O) groups is 1. The Kier molecular flexibility index (Phi) is 11.0. The van der Waals surface area contributed by atoms with Crippen molar-refractivity contribution in [2.24, 2.45) is 11.7 Å². The van der Waals surface area contributed by atoms with Crippen molar-refractivity contribution in [3.05, 3.63) is 0 Å². The quantitative estimate of drug-likeness (QED) is 0.408. The van der Waals surface area contributed by atoms with E-state index in [9.17, 15) is 4.79 Å². The zero-order valence-electron chi connectivity index (χ0n) is 11.6. The van der Waals surface area contributed by atoms with E-state index < -0.39 is 6.04 Å². The fourth-order valence-electron chi connectivity index (χ4n) is 1.31. The normalized spacial score (nSPS) is 12.7. The highest BCUT2D eigenvalue weighted by atomic mass is 16.7. The second-order valence-electron chi connectivity index (χ2n) is 4.45. The average molecular weight is 262 g/mol. The van der Waals surface area contributed by atoms with E-state index in [0.717, 1.165) is 0 Å². The fourth-order valence-corrected chi connectivity index (χ4v) is 1.31. The van der Waals surface area contributed by atoms with Gasteiger partial charge >= 0.3 is 0 Å². The van der Waals surface area contributed by atoms with E-state index in [-0.39, 0.29) is 12.7 Å². The van der Waals surface area contributed by atoms with Gasteiger partial charge in [-0.1, -0.05) is 13.8 Å². The van der Waals surface area contributed by atoms with E-state index in [1.54, 1.807) is 7.11 Å². The molecule has 0 radical (unpaired) electrons. The molecule has 108 valence electrons. The van der Waals surface area contributed by atoms with Crippen LogP contribution in [0.5, 0.6) is 0 Å². The van der Waals surface area contributed by atoms with Crippen LogP contribution in [0.4, 0.5) is 0 Å². The molecule has 0 bridgehead atoms. The molecule has 0 heterocycles. The minimum absolute atomic E-state index is 0.132. The molecule has 0 fully saturated rings. The number of amides is 1. The lowest BCUT2D eigenvalue weighted by molar-refractivity contribution is -0.123. The first-order chi connectivity index (χ1) is 8.57. The molecule has 0 aliphatic carbocycles. The van der Waals surface area contributed by atoms with Crippen molar-refractivity contribution in [3.63, 3.8) is 0 Å². The number of methoxy groups -OCH3 is 1. The maximum absolute atomic E-state index is 11.5. The molecule has 6 nitrogen and oxygen atoms in total. The summed E-state index contributed by atoms with van der Waals surface area (Å²) in [6, 6.07) is -0.442. The third-order valence-electron chi connectivity index (χ3n) is 2.21. The first kappa shape index (κ1) is 17.3. The van der Waals surface area contributed by atoms with E-state index in [4.69, 9.17) is 19.9 Å². The van der Waals surface area contributed by atoms with Gasteiger partial charge in [0.05, 0.1) is 25.9 Å². The van der Waals surface area contributed by atoms with Crippen LogP contribution in [0, 0.1) is 5.92 Å². The van der Waals surface area contributed by atoms with E-state index >= 15 is 0 Å². The van der Waals surface area contributed by atoms with Gasteiger partial charge < -0.3 is 25.3 Å². The van der Waals surface area contributed by atoms with E-state index in [0.29, 0.717) is 38.7 Å². The Balaban J connectivity index is 3.35. The summed E-state index contributed by atoms with van der Waals surface area (Å²) in [6.45, 7) is 6.18. The average Bonchev–Trinajstić information content (AvgIpc) is 2.31. The molecule has 1 amide bonds. The van der Waals surface area contributed by atoms with Crippen molar-refractivity contribution in [1.29, 1.82) is 0 Å². The lowest BCUT2D eigenvalue weighted by Crippen LogP contribution is -2.42. The molecule has 0 aromatic heterocycles. The Morgan fingerprint density at radius 3 is 2.50 bits per heavy atom. The highest BCUT2D eigenvalue weighted by Gasteiger charge is 2.13. The van der Waals surface area contributed by atoms with Crippen molar-refractivity contribution in [2.75, 3.05) is 40.3 Å². The van der Waals surface area contributed by atoms with Crippen LogP contribution < -0.4 is 11.1 Å². The number of hydrogen-bond donors (Lipinski definition) is 2. The van der Waals surface area contributed by atoms with Crippen molar-refractivity contribution < 1.29 is 19.0 Å². The second-order valence-corrected chi connectivity index (χ2v) is 4.45. The van der Waals surface area contributed by atoms with E-state index in [1.807, 2.05) is 13.8 Å². The van der Waals surface area contributed by atoms with Gasteiger partial charge in [-0.15, -0.1) is 0 Å². The highest BCUT2D eigenvalue weighted by Crippen LogP contribution is 2.02. The number of carbonyl (C=O) groups excluding carboxylic acids is 1. The number of nitrogens with one attached hydrogen (secondary N) is 1. The number of nitrogens with two attached hydrogens (primary N) is 1. The Morgan fingerprint density at radius 1 is 1.22 bits per heavy atom. The Hall–Kier alpha value is -0.690. The zero-order chi connectivity index (χ0) is 13.8. The molecule has 6 heteroatoms. The van der Waals surface area contributed by atoms with Gasteiger partial charge in [0.1, 0.15) is 6.79 Å². The molecular weight excluding hydrogens is 236 g/mol. The summed E-state index contributed by atoms with van der Waals surface area (Å²) in [6.07, 6.45) is 0.687. The van der Waals surface area contributed by atoms with Crippen LogP contribution in [0.3, 0.4) is 0 Å². The summed E-state index contributed by atoms with van der Waals surface area (Å²) in [5.41, 5.74) is 5.72. The van der Waals surface area contributed by atoms with Gasteiger partial charge in [-0.05, 0) is 12.3 Å². The number of hydrogen-bond acceptors (Lipinski definition) is 5. The Bertz CT molecular complexity index is 212. The van der Waals surface area contributed by atoms with Crippen LogP contribution in [-0.4, -0.2) is 52.2 Å². The molecule has 18 heavy (non-hydrogen) atoms. The van der Waals surface area contributed by atoms with Gasteiger partial charge in [0, 0.05) is 13.7 Å². The maximum Gasteiger partial charge on any atom is 0.237 e. The molecule has 0 rings (SSSR count). The van der Waals surface area contributed by atoms with E-state index in [1.165, 1.54) is 0 Å². The summed E-state index contributed by atoms with van der Waals surface area (Å²) >= 11 is 0. The van der Waals surface area contributed by atoms with E-state index in [2.05, 4.69) is 5.32 Å². The largest absolute Gasteiger partial charge is 0.382 e. The van der Waals surface area contributed by atoms with Crippen molar-refractivity contribution in [2.45, 2.75) is 26.3 Å². The summed E-state index contributed by atoms with van der Waals surface area (Å²) < 4.78 is 15.1. The van der Waals surface area contributed by atoms with Crippen LogP contribution in [0.1, 0.15) is 20.3 Å². The lowest BCUT2D eigenvalue weighted by Gasteiger charge is -2.14. The first-order valence-electron chi connectivity index (χ1n) is 6.25. The van der Waals surface area contributed by atoms with Gasteiger partial charge in [0.2, 0.25) is 5.91 Å². The third-order valence-corrected chi connectivity index (χ3v) is 2.21. The summed E-state index contributed by atoms with van der Waals surface area (Å²) in [5.74, 6) is 0.281.